The third kappa shape index (κ3) is 8.86. The summed E-state index contributed by atoms with van der Waals surface area (Å²) in [5, 5.41) is 5.45. The van der Waals surface area contributed by atoms with Crippen LogP contribution in [0.15, 0.2) is 30.3 Å². The highest BCUT2D eigenvalue weighted by atomic mass is 16.6. The minimum Gasteiger partial charge on any atom is -0.444 e. The number of benzene rings is 1. The molecule has 0 unspecified atom stereocenters. The molecular weight excluding hydrogens is 408 g/mol. The number of ether oxygens (including phenoxy) is 1. The average molecular weight is 447 g/mol. The van der Waals surface area contributed by atoms with Crippen molar-refractivity contribution in [2.45, 2.75) is 65.0 Å². The van der Waals surface area contributed by atoms with E-state index in [0.717, 1.165) is 31.6 Å². The minimum atomic E-state index is -0.539. The van der Waals surface area contributed by atoms with Gasteiger partial charge in [0.15, 0.2) is 0 Å². The topological polar surface area (TPSA) is 91.0 Å². The first-order chi connectivity index (χ1) is 15.2. The second kappa shape index (κ2) is 12.4. The Bertz CT molecular complexity index is 740. The number of nitrogens with zero attached hydrogens (tertiary/aromatic N) is 2. The third-order valence-electron chi connectivity index (χ3n) is 5.30. The maximum absolute atomic E-state index is 12.6. The molecule has 1 aliphatic rings. The molecule has 178 valence electrons. The van der Waals surface area contributed by atoms with Crippen molar-refractivity contribution < 1.29 is 19.1 Å². The van der Waals surface area contributed by atoms with E-state index in [-0.39, 0.29) is 17.9 Å². The molecule has 0 bridgehead atoms. The molecule has 1 fully saturated rings. The predicted octanol–water partition coefficient (Wildman–Crippen LogP) is 2.93. The largest absolute Gasteiger partial charge is 0.444 e. The van der Waals surface area contributed by atoms with Crippen LogP contribution in [0.25, 0.3) is 0 Å². The molecule has 2 rings (SSSR count). The number of carbonyl (C=O) groups excluding carboxylic acids is 3. The fourth-order valence-electron chi connectivity index (χ4n) is 3.75. The molecule has 1 saturated heterocycles. The van der Waals surface area contributed by atoms with Gasteiger partial charge in [0.2, 0.25) is 11.8 Å². The number of carbonyl (C=O) groups is 3. The van der Waals surface area contributed by atoms with Gasteiger partial charge in [-0.05, 0) is 45.7 Å². The van der Waals surface area contributed by atoms with E-state index < -0.39 is 11.7 Å². The van der Waals surface area contributed by atoms with E-state index >= 15 is 0 Å². The van der Waals surface area contributed by atoms with Crippen molar-refractivity contribution in [2.24, 2.45) is 0 Å². The molecule has 8 heteroatoms. The highest BCUT2D eigenvalue weighted by Crippen LogP contribution is 2.24. The standard InChI is InChI=1S/C24H38N4O4/c1-5-22(30)28(19-9-7-6-8-10-19)20-11-16-27(17-12-20)18-13-21(29)25-14-15-26-23(31)32-24(2,3)4/h6-10,20H,5,11-18H2,1-4H3,(H,25,29)(H,26,31). The highest BCUT2D eigenvalue weighted by Gasteiger charge is 2.28. The van der Waals surface area contributed by atoms with Gasteiger partial charge in [-0.2, -0.15) is 0 Å². The van der Waals surface area contributed by atoms with Crippen LogP contribution in [0.1, 0.15) is 53.4 Å². The van der Waals surface area contributed by atoms with Gasteiger partial charge in [-0.25, -0.2) is 4.79 Å². The van der Waals surface area contributed by atoms with E-state index in [1.165, 1.54) is 0 Å². The zero-order valence-electron chi connectivity index (χ0n) is 19.9. The summed E-state index contributed by atoms with van der Waals surface area (Å²) in [5.41, 5.74) is 0.417. The fourth-order valence-corrected chi connectivity index (χ4v) is 3.75. The number of hydrogen-bond donors (Lipinski definition) is 2. The molecular formula is C24H38N4O4. The van der Waals surface area contributed by atoms with E-state index in [0.29, 0.717) is 32.5 Å². The van der Waals surface area contributed by atoms with Crippen LogP contribution in [-0.4, -0.2) is 67.2 Å². The Kier molecular flexibility index (Phi) is 9.97. The molecule has 1 aromatic carbocycles. The Balaban J connectivity index is 1.68. The quantitative estimate of drug-likeness (QED) is 0.569. The van der Waals surface area contributed by atoms with Crippen LogP contribution in [0.2, 0.25) is 0 Å². The molecule has 0 aromatic heterocycles. The van der Waals surface area contributed by atoms with Gasteiger partial charge < -0.3 is 25.2 Å². The lowest BCUT2D eigenvalue weighted by Crippen LogP contribution is -2.48. The summed E-state index contributed by atoms with van der Waals surface area (Å²) in [4.78, 5) is 40.5. The number of piperidine rings is 1. The molecule has 2 N–H and O–H groups in total. The van der Waals surface area contributed by atoms with Gasteiger partial charge in [-0.15, -0.1) is 0 Å². The van der Waals surface area contributed by atoms with E-state index in [1.54, 1.807) is 20.8 Å². The smallest absolute Gasteiger partial charge is 0.407 e. The zero-order valence-corrected chi connectivity index (χ0v) is 19.9. The number of amides is 3. The first-order valence-electron chi connectivity index (χ1n) is 11.5. The van der Waals surface area contributed by atoms with Crippen LogP contribution in [0.4, 0.5) is 10.5 Å². The predicted molar refractivity (Wildman–Crippen MR) is 126 cm³/mol. The Morgan fingerprint density at radius 1 is 1.06 bits per heavy atom. The van der Waals surface area contributed by atoms with E-state index in [9.17, 15) is 14.4 Å². The summed E-state index contributed by atoms with van der Waals surface area (Å²) in [6, 6.07) is 10.0. The maximum atomic E-state index is 12.6. The zero-order chi connectivity index (χ0) is 23.6. The number of rotatable bonds is 9. The number of para-hydroxylation sites is 1. The summed E-state index contributed by atoms with van der Waals surface area (Å²) in [6.45, 7) is 10.4. The van der Waals surface area contributed by atoms with Crippen molar-refractivity contribution in [3.63, 3.8) is 0 Å². The highest BCUT2D eigenvalue weighted by molar-refractivity contribution is 5.93. The molecule has 0 atom stereocenters. The van der Waals surface area contributed by atoms with Crippen molar-refractivity contribution in [3.8, 4) is 0 Å². The van der Waals surface area contributed by atoms with E-state index in [2.05, 4.69) is 15.5 Å². The van der Waals surface area contributed by atoms with Gasteiger partial charge in [0.25, 0.3) is 0 Å². The lowest BCUT2D eigenvalue weighted by molar-refractivity contribution is -0.121. The molecule has 1 heterocycles. The first-order valence-corrected chi connectivity index (χ1v) is 11.5. The Labute approximate surface area is 191 Å². The number of alkyl carbamates (subject to hydrolysis) is 1. The Morgan fingerprint density at radius 3 is 2.28 bits per heavy atom. The lowest BCUT2D eigenvalue weighted by Gasteiger charge is -2.38. The van der Waals surface area contributed by atoms with Gasteiger partial charge in [-0.3, -0.25) is 9.59 Å². The van der Waals surface area contributed by atoms with E-state index in [1.807, 2.05) is 42.2 Å². The monoisotopic (exact) mass is 446 g/mol. The minimum absolute atomic E-state index is 0.0369. The van der Waals surface area contributed by atoms with Crippen molar-refractivity contribution in [1.29, 1.82) is 0 Å². The molecule has 1 aromatic rings. The summed E-state index contributed by atoms with van der Waals surface area (Å²) in [6.07, 6.45) is 2.19. The molecule has 1 aliphatic heterocycles. The molecule has 3 amide bonds. The van der Waals surface area contributed by atoms with Crippen LogP contribution >= 0.6 is 0 Å². The summed E-state index contributed by atoms with van der Waals surface area (Å²) in [7, 11) is 0. The summed E-state index contributed by atoms with van der Waals surface area (Å²) >= 11 is 0. The third-order valence-corrected chi connectivity index (χ3v) is 5.30. The van der Waals surface area contributed by atoms with Gasteiger partial charge in [0, 0.05) is 57.3 Å². The van der Waals surface area contributed by atoms with Crippen molar-refractivity contribution >= 4 is 23.6 Å². The van der Waals surface area contributed by atoms with Crippen molar-refractivity contribution in [1.82, 2.24) is 15.5 Å². The Hall–Kier alpha value is -2.61. The molecule has 8 nitrogen and oxygen atoms in total. The molecule has 0 aliphatic carbocycles. The average Bonchev–Trinajstić information content (AvgIpc) is 2.75. The van der Waals surface area contributed by atoms with Crippen molar-refractivity contribution in [3.05, 3.63) is 30.3 Å². The Morgan fingerprint density at radius 2 is 1.69 bits per heavy atom. The normalized spacial score (nSPS) is 15.1. The van der Waals surface area contributed by atoms with Gasteiger partial charge >= 0.3 is 6.09 Å². The molecule has 0 spiro atoms. The second-order valence-corrected chi connectivity index (χ2v) is 9.05. The maximum Gasteiger partial charge on any atom is 0.407 e. The van der Waals surface area contributed by atoms with E-state index in [4.69, 9.17) is 4.74 Å². The first kappa shape index (κ1) is 25.6. The number of anilines is 1. The molecule has 32 heavy (non-hydrogen) atoms. The number of nitrogens with one attached hydrogen (secondary N) is 2. The van der Waals surface area contributed by atoms with Crippen LogP contribution < -0.4 is 15.5 Å². The van der Waals surface area contributed by atoms with Gasteiger partial charge in [-0.1, -0.05) is 25.1 Å². The second-order valence-electron chi connectivity index (χ2n) is 9.05. The van der Waals surface area contributed by atoms with Crippen molar-refractivity contribution in [2.75, 3.05) is 37.6 Å². The summed E-state index contributed by atoms with van der Waals surface area (Å²) < 4.78 is 5.15. The van der Waals surface area contributed by atoms with Crippen LogP contribution in [0.5, 0.6) is 0 Å². The van der Waals surface area contributed by atoms with Gasteiger partial charge in [0.1, 0.15) is 5.60 Å². The fraction of sp³-hybridized carbons (Fsp3) is 0.625. The van der Waals surface area contributed by atoms with Crippen LogP contribution in [0, 0.1) is 0 Å². The number of likely N-dealkylation sites (tertiary alicyclic amines) is 1. The van der Waals surface area contributed by atoms with Gasteiger partial charge in [0.05, 0.1) is 0 Å². The van der Waals surface area contributed by atoms with Crippen LogP contribution in [0.3, 0.4) is 0 Å². The number of hydrogen-bond acceptors (Lipinski definition) is 5. The molecule has 0 radical (unpaired) electrons. The SMILES string of the molecule is CCC(=O)N(c1ccccc1)C1CCN(CCC(=O)NCCNC(=O)OC(C)(C)C)CC1. The van der Waals surface area contributed by atoms with Crippen LogP contribution in [-0.2, 0) is 14.3 Å². The molecule has 0 saturated carbocycles. The summed E-state index contributed by atoms with van der Waals surface area (Å²) in [5.74, 6) is 0.110. The lowest BCUT2D eigenvalue weighted by atomic mass is 10.0.